The molecule has 0 bridgehead atoms. The van der Waals surface area contributed by atoms with Crippen LogP contribution in [0.1, 0.15) is 26.3 Å². The molecule has 0 fully saturated rings. The van der Waals surface area contributed by atoms with E-state index in [-0.39, 0.29) is 5.60 Å². The Morgan fingerprint density at radius 3 is 1.94 bits per heavy atom. The highest BCUT2D eigenvalue weighted by molar-refractivity contribution is 5.38. The van der Waals surface area contributed by atoms with Crippen molar-refractivity contribution in [2.45, 2.75) is 32.9 Å². The second kappa shape index (κ2) is 5.89. The van der Waals surface area contributed by atoms with Crippen molar-refractivity contribution in [2.75, 3.05) is 14.2 Å². The molecule has 1 rings (SSSR count). The van der Waals surface area contributed by atoms with Gasteiger partial charge in [-0.05, 0) is 38.5 Å². The third-order valence-corrected chi connectivity index (χ3v) is 2.07. The summed E-state index contributed by atoms with van der Waals surface area (Å²) < 4.78 is 10.4. The summed E-state index contributed by atoms with van der Waals surface area (Å²) in [5.74, 6) is 1.55. The highest BCUT2D eigenvalue weighted by atomic mass is 16.7. The minimum Gasteiger partial charge on any atom is -0.497 e. The number of hydroxylamine groups is 1. The summed E-state index contributed by atoms with van der Waals surface area (Å²) in [6.45, 7) is 6.58. The van der Waals surface area contributed by atoms with Gasteiger partial charge in [-0.3, -0.25) is 4.84 Å². The molecule has 0 spiro atoms. The van der Waals surface area contributed by atoms with Crippen LogP contribution in [0.2, 0.25) is 0 Å². The van der Waals surface area contributed by atoms with E-state index in [2.05, 4.69) is 5.48 Å². The third-order valence-electron chi connectivity index (χ3n) is 2.07. The number of ether oxygens (including phenoxy) is 2. The maximum absolute atomic E-state index is 5.45. The fourth-order valence-corrected chi connectivity index (χ4v) is 1.30. The van der Waals surface area contributed by atoms with E-state index >= 15 is 0 Å². The molecule has 0 atom stereocenters. The molecule has 0 radical (unpaired) electrons. The lowest BCUT2D eigenvalue weighted by Crippen LogP contribution is -2.28. The molecule has 0 saturated heterocycles. The van der Waals surface area contributed by atoms with Gasteiger partial charge in [0.2, 0.25) is 0 Å². The second-order valence-corrected chi connectivity index (χ2v) is 4.76. The monoisotopic (exact) mass is 239 g/mol. The average Bonchev–Trinajstić information content (AvgIpc) is 2.26. The molecule has 0 unspecified atom stereocenters. The predicted molar refractivity (Wildman–Crippen MR) is 67.2 cm³/mol. The molecule has 1 aromatic carbocycles. The van der Waals surface area contributed by atoms with Crippen LogP contribution in [0.15, 0.2) is 18.2 Å². The summed E-state index contributed by atoms with van der Waals surface area (Å²) in [5, 5.41) is 0. The maximum Gasteiger partial charge on any atom is 0.122 e. The number of benzene rings is 1. The summed E-state index contributed by atoms with van der Waals surface area (Å²) in [5.41, 5.74) is 3.77. The van der Waals surface area contributed by atoms with Crippen LogP contribution in [0.4, 0.5) is 0 Å². The van der Waals surface area contributed by atoms with Crippen LogP contribution in [0.25, 0.3) is 0 Å². The summed E-state index contributed by atoms with van der Waals surface area (Å²) in [4.78, 5) is 5.45. The molecule has 0 amide bonds. The van der Waals surface area contributed by atoms with Crippen LogP contribution in [0.5, 0.6) is 11.5 Å². The van der Waals surface area contributed by atoms with Crippen molar-refractivity contribution < 1.29 is 14.3 Å². The first-order valence-electron chi connectivity index (χ1n) is 5.57. The largest absolute Gasteiger partial charge is 0.497 e. The predicted octanol–water partition coefficient (Wildman–Crippen LogP) is 2.52. The van der Waals surface area contributed by atoms with Crippen molar-refractivity contribution in [2.24, 2.45) is 0 Å². The Labute approximate surface area is 103 Å². The minimum absolute atomic E-state index is 0.205. The van der Waals surface area contributed by atoms with E-state index < -0.39 is 0 Å². The summed E-state index contributed by atoms with van der Waals surface area (Å²) in [7, 11) is 3.27. The van der Waals surface area contributed by atoms with E-state index in [0.29, 0.717) is 6.54 Å². The summed E-state index contributed by atoms with van der Waals surface area (Å²) >= 11 is 0. The van der Waals surface area contributed by atoms with Gasteiger partial charge in [0.05, 0.1) is 19.8 Å². The van der Waals surface area contributed by atoms with Gasteiger partial charge in [0.15, 0.2) is 0 Å². The maximum atomic E-state index is 5.45. The number of methoxy groups -OCH3 is 2. The summed E-state index contributed by atoms with van der Waals surface area (Å²) in [6, 6.07) is 5.73. The molecule has 0 aliphatic carbocycles. The van der Waals surface area contributed by atoms with Crippen LogP contribution in [0, 0.1) is 0 Å². The highest BCUT2D eigenvalue weighted by Crippen LogP contribution is 2.22. The molecule has 17 heavy (non-hydrogen) atoms. The molecular formula is C13H21NO3. The molecule has 1 aromatic rings. The number of hydrogen-bond donors (Lipinski definition) is 1. The topological polar surface area (TPSA) is 39.7 Å². The minimum atomic E-state index is -0.205. The van der Waals surface area contributed by atoms with Crippen LogP contribution < -0.4 is 15.0 Å². The molecule has 0 saturated carbocycles. The Balaban J connectivity index is 2.64. The van der Waals surface area contributed by atoms with Crippen LogP contribution >= 0.6 is 0 Å². The zero-order chi connectivity index (χ0) is 12.9. The molecule has 1 N–H and O–H groups in total. The van der Waals surface area contributed by atoms with E-state index in [9.17, 15) is 0 Å². The van der Waals surface area contributed by atoms with Gasteiger partial charge in [0, 0.05) is 12.6 Å². The number of rotatable bonds is 5. The van der Waals surface area contributed by atoms with E-state index in [4.69, 9.17) is 14.3 Å². The van der Waals surface area contributed by atoms with Gasteiger partial charge < -0.3 is 9.47 Å². The lowest BCUT2D eigenvalue weighted by Gasteiger charge is -2.19. The molecule has 0 aliphatic heterocycles. The molecule has 0 aliphatic rings. The first-order chi connectivity index (χ1) is 7.94. The van der Waals surface area contributed by atoms with E-state index in [1.54, 1.807) is 14.2 Å². The fraction of sp³-hybridized carbons (Fsp3) is 0.538. The Bertz CT molecular complexity index is 336. The SMILES string of the molecule is COc1cc(CNOC(C)(C)C)cc(OC)c1. The van der Waals surface area contributed by atoms with Gasteiger partial charge in [0.25, 0.3) is 0 Å². The average molecular weight is 239 g/mol. The van der Waals surface area contributed by atoms with Gasteiger partial charge in [0.1, 0.15) is 11.5 Å². The van der Waals surface area contributed by atoms with E-state index in [1.165, 1.54) is 0 Å². The van der Waals surface area contributed by atoms with Gasteiger partial charge >= 0.3 is 0 Å². The quantitative estimate of drug-likeness (QED) is 0.801. The zero-order valence-corrected chi connectivity index (χ0v) is 11.2. The van der Waals surface area contributed by atoms with Crippen molar-refractivity contribution in [3.05, 3.63) is 23.8 Å². The first-order valence-corrected chi connectivity index (χ1v) is 5.57. The van der Waals surface area contributed by atoms with Gasteiger partial charge in [-0.15, -0.1) is 0 Å². The second-order valence-electron chi connectivity index (χ2n) is 4.76. The van der Waals surface area contributed by atoms with Crippen LogP contribution in [-0.2, 0) is 11.4 Å². The summed E-state index contributed by atoms with van der Waals surface area (Å²) in [6.07, 6.45) is 0. The zero-order valence-electron chi connectivity index (χ0n) is 11.2. The number of nitrogens with one attached hydrogen (secondary N) is 1. The molecular weight excluding hydrogens is 218 g/mol. The van der Waals surface area contributed by atoms with Crippen LogP contribution in [0.3, 0.4) is 0 Å². The van der Waals surface area contributed by atoms with Crippen molar-refractivity contribution in [1.29, 1.82) is 0 Å². The lowest BCUT2D eigenvalue weighted by atomic mass is 10.2. The molecule has 0 heterocycles. The van der Waals surface area contributed by atoms with E-state index in [0.717, 1.165) is 17.1 Å². The van der Waals surface area contributed by atoms with Crippen molar-refractivity contribution in [3.8, 4) is 11.5 Å². The van der Waals surface area contributed by atoms with Gasteiger partial charge in [-0.2, -0.15) is 5.48 Å². The van der Waals surface area contributed by atoms with Gasteiger partial charge in [-0.25, -0.2) is 0 Å². The molecule has 0 aromatic heterocycles. The molecule has 96 valence electrons. The van der Waals surface area contributed by atoms with Crippen LogP contribution in [-0.4, -0.2) is 19.8 Å². The van der Waals surface area contributed by atoms with Crippen molar-refractivity contribution >= 4 is 0 Å². The van der Waals surface area contributed by atoms with Crippen molar-refractivity contribution in [1.82, 2.24) is 5.48 Å². The number of hydrogen-bond acceptors (Lipinski definition) is 4. The third kappa shape index (κ3) is 5.06. The van der Waals surface area contributed by atoms with Gasteiger partial charge in [-0.1, -0.05) is 0 Å². The lowest BCUT2D eigenvalue weighted by molar-refractivity contribution is -0.0757. The Hall–Kier alpha value is -1.26. The molecule has 4 heteroatoms. The van der Waals surface area contributed by atoms with Crippen molar-refractivity contribution in [3.63, 3.8) is 0 Å². The Morgan fingerprint density at radius 1 is 1.00 bits per heavy atom. The first kappa shape index (κ1) is 13.8. The smallest absolute Gasteiger partial charge is 0.122 e. The molecule has 4 nitrogen and oxygen atoms in total. The Kier molecular flexibility index (Phi) is 4.78. The highest BCUT2D eigenvalue weighted by Gasteiger charge is 2.10. The van der Waals surface area contributed by atoms with E-state index in [1.807, 2.05) is 39.0 Å². The fourth-order valence-electron chi connectivity index (χ4n) is 1.30. The Morgan fingerprint density at radius 2 is 1.53 bits per heavy atom. The normalized spacial score (nSPS) is 11.4. The standard InChI is InChI=1S/C13H21NO3/c1-13(2,3)17-14-9-10-6-11(15-4)8-12(7-10)16-5/h6-8,14H,9H2,1-5H3.